The third-order valence-corrected chi connectivity index (χ3v) is 4.20. The average Bonchev–Trinajstić information content (AvgIpc) is 3.07. The minimum absolute atomic E-state index is 0.182. The van der Waals surface area contributed by atoms with Gasteiger partial charge in [0.25, 0.3) is 5.91 Å². The monoisotopic (exact) mass is 347 g/mol. The maximum Gasteiger partial charge on any atom is 0.255 e. The van der Waals surface area contributed by atoms with Crippen molar-refractivity contribution < 1.29 is 4.79 Å². The molecule has 0 bridgehead atoms. The first-order valence-corrected chi connectivity index (χ1v) is 8.18. The lowest BCUT2D eigenvalue weighted by Crippen LogP contribution is -2.11. The highest BCUT2D eigenvalue weighted by molar-refractivity contribution is 6.30. The SMILES string of the molecule is O=C(Nc1ccc(Cl)cc1)c1ccc2c(c1)ncn2-c1ccccc1. The number of carbonyl (C=O) groups is 1. The largest absolute Gasteiger partial charge is 0.322 e. The molecule has 1 amide bonds. The van der Waals surface area contributed by atoms with E-state index in [2.05, 4.69) is 10.3 Å². The van der Waals surface area contributed by atoms with Gasteiger partial charge in [0.1, 0.15) is 6.33 Å². The van der Waals surface area contributed by atoms with Crippen LogP contribution in [-0.2, 0) is 0 Å². The van der Waals surface area contributed by atoms with Crippen LogP contribution in [0.25, 0.3) is 16.7 Å². The van der Waals surface area contributed by atoms with Crippen LogP contribution < -0.4 is 5.32 Å². The first kappa shape index (κ1) is 15.4. The van der Waals surface area contributed by atoms with Crippen molar-refractivity contribution in [2.24, 2.45) is 0 Å². The summed E-state index contributed by atoms with van der Waals surface area (Å²) in [4.78, 5) is 16.9. The molecule has 4 aromatic rings. The van der Waals surface area contributed by atoms with Crippen molar-refractivity contribution in [3.05, 3.63) is 89.7 Å². The summed E-state index contributed by atoms with van der Waals surface area (Å²) in [6, 6.07) is 22.5. The number of fused-ring (bicyclic) bond motifs is 1. The molecule has 0 aliphatic rings. The number of rotatable bonds is 3. The van der Waals surface area contributed by atoms with Crippen LogP contribution >= 0.6 is 11.6 Å². The van der Waals surface area contributed by atoms with Crippen LogP contribution in [0, 0.1) is 0 Å². The Morgan fingerprint density at radius 3 is 2.48 bits per heavy atom. The van der Waals surface area contributed by atoms with Crippen molar-refractivity contribution in [1.82, 2.24) is 9.55 Å². The van der Waals surface area contributed by atoms with E-state index < -0.39 is 0 Å². The van der Waals surface area contributed by atoms with Gasteiger partial charge in [-0.05, 0) is 54.6 Å². The summed E-state index contributed by atoms with van der Waals surface area (Å²) in [5.74, 6) is -0.182. The smallest absolute Gasteiger partial charge is 0.255 e. The molecule has 5 heteroatoms. The number of hydrogen-bond acceptors (Lipinski definition) is 2. The number of nitrogens with one attached hydrogen (secondary N) is 1. The Balaban J connectivity index is 1.63. The molecule has 0 radical (unpaired) electrons. The number of para-hydroxylation sites is 1. The van der Waals surface area contributed by atoms with Crippen LogP contribution in [0.3, 0.4) is 0 Å². The fourth-order valence-corrected chi connectivity index (χ4v) is 2.81. The third-order valence-electron chi connectivity index (χ3n) is 3.95. The van der Waals surface area contributed by atoms with Crippen LogP contribution in [0.1, 0.15) is 10.4 Å². The summed E-state index contributed by atoms with van der Waals surface area (Å²) >= 11 is 5.86. The summed E-state index contributed by atoms with van der Waals surface area (Å²) in [5, 5.41) is 3.49. The highest BCUT2D eigenvalue weighted by atomic mass is 35.5. The average molecular weight is 348 g/mol. The summed E-state index contributed by atoms with van der Waals surface area (Å²) in [6.45, 7) is 0. The van der Waals surface area contributed by atoms with Gasteiger partial charge < -0.3 is 5.32 Å². The van der Waals surface area contributed by atoms with E-state index in [0.29, 0.717) is 16.3 Å². The normalized spacial score (nSPS) is 10.8. The molecule has 0 unspecified atom stereocenters. The van der Waals surface area contributed by atoms with E-state index in [4.69, 9.17) is 11.6 Å². The Morgan fingerprint density at radius 2 is 1.72 bits per heavy atom. The molecular formula is C20H14ClN3O. The Kier molecular flexibility index (Phi) is 3.96. The van der Waals surface area contributed by atoms with Gasteiger partial charge in [0.2, 0.25) is 0 Å². The number of imidazole rings is 1. The molecule has 0 atom stereocenters. The van der Waals surface area contributed by atoms with Crippen LogP contribution in [0.15, 0.2) is 79.1 Å². The molecular weight excluding hydrogens is 334 g/mol. The number of benzene rings is 3. The number of amides is 1. The Hall–Kier alpha value is -3.11. The van der Waals surface area contributed by atoms with E-state index in [1.807, 2.05) is 41.0 Å². The van der Waals surface area contributed by atoms with Crippen molar-refractivity contribution in [1.29, 1.82) is 0 Å². The zero-order valence-electron chi connectivity index (χ0n) is 13.2. The van der Waals surface area contributed by atoms with E-state index in [-0.39, 0.29) is 5.91 Å². The van der Waals surface area contributed by atoms with E-state index in [0.717, 1.165) is 16.7 Å². The van der Waals surface area contributed by atoms with Gasteiger partial charge in [-0.15, -0.1) is 0 Å². The summed E-state index contributed by atoms with van der Waals surface area (Å²) in [5.41, 5.74) is 4.01. The number of aromatic nitrogens is 2. The second-order valence-electron chi connectivity index (χ2n) is 5.61. The minimum atomic E-state index is -0.182. The Bertz CT molecular complexity index is 1040. The molecule has 4 rings (SSSR count). The van der Waals surface area contributed by atoms with Crippen molar-refractivity contribution in [3.63, 3.8) is 0 Å². The second kappa shape index (κ2) is 6.42. The summed E-state index contributed by atoms with van der Waals surface area (Å²) < 4.78 is 2.00. The zero-order chi connectivity index (χ0) is 17.2. The number of anilines is 1. The van der Waals surface area contributed by atoms with Crippen LogP contribution in [-0.4, -0.2) is 15.5 Å². The maximum absolute atomic E-state index is 12.4. The summed E-state index contributed by atoms with van der Waals surface area (Å²) in [6.07, 6.45) is 1.76. The number of hydrogen-bond donors (Lipinski definition) is 1. The summed E-state index contributed by atoms with van der Waals surface area (Å²) in [7, 11) is 0. The standard InChI is InChI=1S/C20H14ClN3O/c21-15-7-9-16(10-8-15)23-20(25)14-6-11-19-18(12-14)22-13-24(19)17-4-2-1-3-5-17/h1-13H,(H,23,25). The van der Waals surface area contributed by atoms with Crippen molar-refractivity contribution >= 4 is 34.2 Å². The lowest BCUT2D eigenvalue weighted by atomic mass is 10.1. The molecule has 1 N–H and O–H groups in total. The topological polar surface area (TPSA) is 46.9 Å². The highest BCUT2D eigenvalue weighted by Gasteiger charge is 2.10. The van der Waals surface area contributed by atoms with Gasteiger partial charge >= 0.3 is 0 Å². The fourth-order valence-electron chi connectivity index (χ4n) is 2.68. The first-order valence-electron chi connectivity index (χ1n) is 7.80. The predicted octanol–water partition coefficient (Wildman–Crippen LogP) is 4.93. The molecule has 25 heavy (non-hydrogen) atoms. The number of nitrogens with zero attached hydrogens (tertiary/aromatic N) is 2. The molecule has 3 aromatic carbocycles. The molecule has 122 valence electrons. The van der Waals surface area contributed by atoms with Gasteiger partial charge in [0.15, 0.2) is 0 Å². The third kappa shape index (κ3) is 3.12. The van der Waals surface area contributed by atoms with Gasteiger partial charge in [-0.25, -0.2) is 4.98 Å². The predicted molar refractivity (Wildman–Crippen MR) is 100 cm³/mol. The fraction of sp³-hybridized carbons (Fsp3) is 0. The van der Waals surface area contributed by atoms with E-state index >= 15 is 0 Å². The number of halogens is 1. The van der Waals surface area contributed by atoms with E-state index in [9.17, 15) is 4.79 Å². The van der Waals surface area contributed by atoms with Crippen molar-refractivity contribution in [2.45, 2.75) is 0 Å². The molecule has 0 spiro atoms. The molecule has 0 aliphatic heterocycles. The molecule has 4 nitrogen and oxygen atoms in total. The van der Waals surface area contributed by atoms with Gasteiger partial charge in [-0.2, -0.15) is 0 Å². The van der Waals surface area contributed by atoms with Gasteiger partial charge in [0, 0.05) is 22.0 Å². The first-order chi connectivity index (χ1) is 12.2. The van der Waals surface area contributed by atoms with E-state index in [1.165, 1.54) is 0 Å². The second-order valence-corrected chi connectivity index (χ2v) is 6.05. The van der Waals surface area contributed by atoms with E-state index in [1.54, 1.807) is 42.7 Å². The maximum atomic E-state index is 12.4. The van der Waals surface area contributed by atoms with Crippen molar-refractivity contribution in [3.8, 4) is 5.69 Å². The van der Waals surface area contributed by atoms with Crippen LogP contribution in [0.4, 0.5) is 5.69 Å². The number of carbonyl (C=O) groups excluding carboxylic acids is 1. The molecule has 0 saturated heterocycles. The zero-order valence-corrected chi connectivity index (χ0v) is 13.9. The van der Waals surface area contributed by atoms with Gasteiger partial charge in [-0.1, -0.05) is 29.8 Å². The molecule has 1 aromatic heterocycles. The van der Waals surface area contributed by atoms with Gasteiger partial charge in [0.05, 0.1) is 11.0 Å². The quantitative estimate of drug-likeness (QED) is 0.571. The Labute approximate surface area is 149 Å². The van der Waals surface area contributed by atoms with Gasteiger partial charge in [-0.3, -0.25) is 9.36 Å². The lowest BCUT2D eigenvalue weighted by Gasteiger charge is -2.06. The Morgan fingerprint density at radius 1 is 0.960 bits per heavy atom. The molecule has 0 saturated carbocycles. The molecule has 0 fully saturated rings. The highest BCUT2D eigenvalue weighted by Crippen LogP contribution is 2.20. The van der Waals surface area contributed by atoms with Crippen molar-refractivity contribution in [2.75, 3.05) is 5.32 Å². The molecule has 1 heterocycles. The molecule has 0 aliphatic carbocycles. The van der Waals surface area contributed by atoms with Crippen LogP contribution in [0.5, 0.6) is 0 Å². The lowest BCUT2D eigenvalue weighted by molar-refractivity contribution is 0.102. The minimum Gasteiger partial charge on any atom is -0.322 e. The van der Waals surface area contributed by atoms with Crippen LogP contribution in [0.2, 0.25) is 5.02 Å².